The molecule has 4 heteroatoms. The molecule has 1 aliphatic heterocycles. The van der Waals surface area contributed by atoms with Crippen LogP contribution in [0.15, 0.2) is 24.3 Å². The highest BCUT2D eigenvalue weighted by Gasteiger charge is 2.24. The van der Waals surface area contributed by atoms with Crippen LogP contribution in [0.4, 0.5) is 5.69 Å². The second-order valence-corrected chi connectivity index (χ2v) is 3.92. The first kappa shape index (κ1) is 9.77. The molecule has 1 aliphatic rings. The van der Waals surface area contributed by atoms with Crippen molar-refractivity contribution < 1.29 is 5.11 Å². The summed E-state index contributed by atoms with van der Waals surface area (Å²) in [4.78, 5) is 0. The van der Waals surface area contributed by atoms with E-state index >= 15 is 0 Å². The van der Waals surface area contributed by atoms with Crippen molar-refractivity contribution >= 4 is 17.3 Å². The quantitative estimate of drug-likeness (QED) is 0.688. The standard InChI is InChI=1S/C10H13ClN2O/c11-7-2-1-3-8(4-7)13-9-5-12-6-10(9)14/h1-4,9-10,12-14H,5-6H2/t9-,10-/m1/s1. The van der Waals surface area contributed by atoms with Gasteiger partial charge in [0.2, 0.25) is 0 Å². The molecule has 0 spiro atoms. The van der Waals surface area contributed by atoms with Gasteiger partial charge in [-0.25, -0.2) is 0 Å². The highest BCUT2D eigenvalue weighted by atomic mass is 35.5. The minimum absolute atomic E-state index is 0.0773. The van der Waals surface area contributed by atoms with Crippen LogP contribution in [0, 0.1) is 0 Å². The number of anilines is 1. The Morgan fingerprint density at radius 1 is 1.43 bits per heavy atom. The van der Waals surface area contributed by atoms with E-state index in [1.807, 2.05) is 24.3 Å². The fraction of sp³-hybridized carbons (Fsp3) is 0.400. The fourth-order valence-electron chi connectivity index (χ4n) is 1.60. The molecule has 0 unspecified atom stereocenters. The lowest BCUT2D eigenvalue weighted by molar-refractivity contribution is 0.185. The number of benzene rings is 1. The van der Waals surface area contributed by atoms with Crippen LogP contribution in [-0.2, 0) is 0 Å². The molecule has 0 amide bonds. The summed E-state index contributed by atoms with van der Waals surface area (Å²) in [6.07, 6.45) is -0.325. The third-order valence-electron chi connectivity index (χ3n) is 2.36. The van der Waals surface area contributed by atoms with Crippen molar-refractivity contribution in [2.24, 2.45) is 0 Å². The topological polar surface area (TPSA) is 44.3 Å². The minimum atomic E-state index is -0.325. The maximum absolute atomic E-state index is 9.56. The lowest BCUT2D eigenvalue weighted by Crippen LogP contribution is -2.31. The summed E-state index contributed by atoms with van der Waals surface area (Å²) in [5.41, 5.74) is 0.949. The van der Waals surface area contributed by atoms with Gasteiger partial charge in [0.1, 0.15) is 0 Å². The van der Waals surface area contributed by atoms with Gasteiger partial charge in [-0.2, -0.15) is 0 Å². The molecule has 1 aromatic carbocycles. The number of aliphatic hydroxyl groups excluding tert-OH is 1. The molecule has 0 aliphatic carbocycles. The van der Waals surface area contributed by atoms with Gasteiger partial charge in [0.25, 0.3) is 0 Å². The molecular formula is C10H13ClN2O. The van der Waals surface area contributed by atoms with Crippen LogP contribution < -0.4 is 10.6 Å². The van der Waals surface area contributed by atoms with Crippen molar-refractivity contribution in [2.75, 3.05) is 18.4 Å². The lowest BCUT2D eigenvalue weighted by Gasteiger charge is -2.16. The minimum Gasteiger partial charge on any atom is -0.390 e. The van der Waals surface area contributed by atoms with E-state index in [0.29, 0.717) is 11.6 Å². The van der Waals surface area contributed by atoms with Gasteiger partial charge >= 0.3 is 0 Å². The lowest BCUT2D eigenvalue weighted by atomic mass is 10.2. The van der Waals surface area contributed by atoms with Crippen LogP contribution in [0.2, 0.25) is 5.02 Å². The van der Waals surface area contributed by atoms with Crippen LogP contribution in [0.5, 0.6) is 0 Å². The predicted molar refractivity (Wildman–Crippen MR) is 57.7 cm³/mol. The molecule has 1 fully saturated rings. The molecule has 0 aromatic heterocycles. The molecule has 14 heavy (non-hydrogen) atoms. The van der Waals surface area contributed by atoms with E-state index in [-0.39, 0.29) is 12.1 Å². The third-order valence-corrected chi connectivity index (χ3v) is 2.59. The zero-order valence-corrected chi connectivity index (χ0v) is 8.46. The van der Waals surface area contributed by atoms with Crippen molar-refractivity contribution in [1.82, 2.24) is 5.32 Å². The van der Waals surface area contributed by atoms with Gasteiger partial charge in [-0.1, -0.05) is 17.7 Å². The maximum Gasteiger partial charge on any atom is 0.0877 e. The van der Waals surface area contributed by atoms with Gasteiger partial charge < -0.3 is 15.7 Å². The largest absolute Gasteiger partial charge is 0.390 e. The highest BCUT2D eigenvalue weighted by Crippen LogP contribution is 2.17. The van der Waals surface area contributed by atoms with Gasteiger partial charge in [0.05, 0.1) is 12.1 Å². The molecule has 3 N–H and O–H groups in total. The predicted octanol–water partition coefficient (Wildman–Crippen LogP) is 1.08. The van der Waals surface area contributed by atoms with E-state index in [2.05, 4.69) is 10.6 Å². The third kappa shape index (κ3) is 2.18. The second-order valence-electron chi connectivity index (χ2n) is 3.49. The van der Waals surface area contributed by atoms with E-state index in [1.54, 1.807) is 0 Å². The average Bonchev–Trinajstić information content (AvgIpc) is 2.52. The van der Waals surface area contributed by atoms with E-state index in [4.69, 9.17) is 11.6 Å². The summed E-state index contributed by atoms with van der Waals surface area (Å²) in [6, 6.07) is 7.59. The molecule has 1 heterocycles. The molecule has 1 aromatic rings. The Labute approximate surface area is 88.1 Å². The average molecular weight is 213 g/mol. The van der Waals surface area contributed by atoms with Crippen molar-refractivity contribution in [3.63, 3.8) is 0 Å². The smallest absolute Gasteiger partial charge is 0.0877 e. The Balaban J connectivity index is 2.03. The Hall–Kier alpha value is -0.770. The van der Waals surface area contributed by atoms with Gasteiger partial charge in [-0.15, -0.1) is 0 Å². The molecule has 1 saturated heterocycles. The molecule has 76 valence electrons. The molecule has 2 atom stereocenters. The first-order valence-corrected chi connectivity index (χ1v) is 5.04. The molecule has 0 bridgehead atoms. The Morgan fingerprint density at radius 3 is 2.93 bits per heavy atom. The van der Waals surface area contributed by atoms with Crippen molar-refractivity contribution in [3.05, 3.63) is 29.3 Å². The number of rotatable bonds is 2. The summed E-state index contributed by atoms with van der Waals surface area (Å²) in [5.74, 6) is 0. The van der Waals surface area contributed by atoms with Gasteiger partial charge in [-0.3, -0.25) is 0 Å². The van der Waals surface area contributed by atoms with Crippen LogP contribution in [0.1, 0.15) is 0 Å². The summed E-state index contributed by atoms with van der Waals surface area (Å²) in [6.45, 7) is 1.44. The summed E-state index contributed by atoms with van der Waals surface area (Å²) < 4.78 is 0. The maximum atomic E-state index is 9.56. The van der Waals surface area contributed by atoms with E-state index in [9.17, 15) is 5.11 Å². The van der Waals surface area contributed by atoms with E-state index < -0.39 is 0 Å². The van der Waals surface area contributed by atoms with Crippen LogP contribution in [0.25, 0.3) is 0 Å². The Bertz CT molecular complexity index is 319. The molecular weight excluding hydrogens is 200 g/mol. The summed E-state index contributed by atoms with van der Waals surface area (Å²) in [5, 5.41) is 16.6. The zero-order chi connectivity index (χ0) is 9.97. The van der Waals surface area contributed by atoms with Crippen LogP contribution >= 0.6 is 11.6 Å². The van der Waals surface area contributed by atoms with E-state index in [0.717, 1.165) is 12.2 Å². The zero-order valence-electron chi connectivity index (χ0n) is 7.70. The van der Waals surface area contributed by atoms with Crippen LogP contribution in [0.3, 0.4) is 0 Å². The second kappa shape index (κ2) is 4.17. The number of hydrogen-bond acceptors (Lipinski definition) is 3. The SMILES string of the molecule is O[C@@H]1CNC[C@H]1Nc1cccc(Cl)c1. The highest BCUT2D eigenvalue weighted by molar-refractivity contribution is 6.30. The first-order valence-electron chi connectivity index (χ1n) is 4.66. The first-order chi connectivity index (χ1) is 6.75. The molecule has 3 nitrogen and oxygen atoms in total. The van der Waals surface area contributed by atoms with Crippen LogP contribution in [-0.4, -0.2) is 30.3 Å². The monoisotopic (exact) mass is 212 g/mol. The van der Waals surface area contributed by atoms with Crippen molar-refractivity contribution in [3.8, 4) is 0 Å². The van der Waals surface area contributed by atoms with Gasteiger partial charge in [-0.05, 0) is 18.2 Å². The number of halogens is 1. The van der Waals surface area contributed by atoms with E-state index in [1.165, 1.54) is 0 Å². The number of hydrogen-bond donors (Lipinski definition) is 3. The summed E-state index contributed by atoms with van der Waals surface area (Å²) in [7, 11) is 0. The van der Waals surface area contributed by atoms with Crippen molar-refractivity contribution in [1.29, 1.82) is 0 Å². The normalized spacial score (nSPS) is 26.4. The Kier molecular flexibility index (Phi) is 2.91. The van der Waals surface area contributed by atoms with Crippen molar-refractivity contribution in [2.45, 2.75) is 12.1 Å². The molecule has 2 rings (SSSR count). The van der Waals surface area contributed by atoms with Gasteiger partial charge in [0, 0.05) is 23.8 Å². The fourth-order valence-corrected chi connectivity index (χ4v) is 1.79. The number of nitrogens with one attached hydrogen (secondary N) is 2. The van der Waals surface area contributed by atoms with Gasteiger partial charge in [0.15, 0.2) is 0 Å². The molecule has 0 saturated carbocycles. The number of aliphatic hydroxyl groups is 1. The summed E-state index contributed by atoms with van der Waals surface area (Å²) >= 11 is 5.85. The Morgan fingerprint density at radius 2 is 2.29 bits per heavy atom. The number of β-amino-alcohol motifs (C(OH)–C–C–N with tert-alkyl or cyclic N) is 1. The molecule has 0 radical (unpaired) electrons.